The summed E-state index contributed by atoms with van der Waals surface area (Å²) in [5, 5.41) is 6.01. The third-order valence-electron chi connectivity index (χ3n) is 6.45. The summed E-state index contributed by atoms with van der Waals surface area (Å²) in [5.74, 6) is -0.236. The molecule has 0 spiro atoms. The van der Waals surface area contributed by atoms with Crippen LogP contribution in [0.3, 0.4) is 0 Å². The number of hydrazone groups is 1. The summed E-state index contributed by atoms with van der Waals surface area (Å²) in [5.41, 5.74) is 0.674. The minimum absolute atomic E-state index is 0.0912. The lowest BCUT2D eigenvalue weighted by atomic mass is 10.1. The number of hydrogen-bond donors (Lipinski definition) is 0. The number of rotatable bonds is 6. The largest absolute Gasteiger partial charge is 0.332 e. The van der Waals surface area contributed by atoms with E-state index >= 15 is 0 Å². The number of ketones is 2. The fraction of sp³-hybridized carbons (Fsp3) is 0.231. The van der Waals surface area contributed by atoms with Crippen molar-refractivity contribution in [1.29, 1.82) is 0 Å². The topological polar surface area (TPSA) is 112 Å². The molecule has 4 aromatic rings. The smallest absolute Gasteiger partial charge is 0.294 e. The highest BCUT2D eigenvalue weighted by Gasteiger charge is 2.32. The summed E-state index contributed by atoms with van der Waals surface area (Å²) in [6.07, 6.45) is 0. The summed E-state index contributed by atoms with van der Waals surface area (Å²) in [6.45, 7) is 3.18. The lowest BCUT2D eigenvalue weighted by Gasteiger charge is -2.28. The number of aryl methyl sites for hydroxylation is 1. The lowest BCUT2D eigenvalue weighted by molar-refractivity contribution is 0.0966. The Morgan fingerprint density at radius 2 is 1.44 bits per heavy atom. The number of carbonyl (C=O) groups is 2. The highest BCUT2D eigenvalue weighted by atomic mass is 16.2. The van der Waals surface area contributed by atoms with Crippen LogP contribution in [0.4, 0.5) is 5.95 Å². The molecule has 1 atom stereocenters. The molecule has 0 bridgehead atoms. The molecule has 0 amide bonds. The van der Waals surface area contributed by atoms with Crippen LogP contribution in [0.2, 0.25) is 0 Å². The quantitative estimate of drug-likeness (QED) is 0.389. The van der Waals surface area contributed by atoms with Gasteiger partial charge in [-0.05, 0) is 13.8 Å². The van der Waals surface area contributed by atoms with Crippen molar-refractivity contribution >= 4 is 34.4 Å². The SMILES string of the molecule is CC1=NN(CC(=O)c2ccccc2)c2nc3c(c(=O)n(CC(=O)c4ccccc4)c(=O)n3C)n2C1C. The molecule has 36 heavy (non-hydrogen) atoms. The van der Waals surface area contributed by atoms with E-state index < -0.39 is 17.8 Å². The van der Waals surface area contributed by atoms with Crippen molar-refractivity contribution in [3.63, 3.8) is 0 Å². The van der Waals surface area contributed by atoms with Crippen LogP contribution in [-0.2, 0) is 13.6 Å². The van der Waals surface area contributed by atoms with Gasteiger partial charge < -0.3 is 0 Å². The van der Waals surface area contributed by atoms with Crippen LogP contribution in [0.15, 0.2) is 75.4 Å². The van der Waals surface area contributed by atoms with Gasteiger partial charge in [-0.3, -0.25) is 28.1 Å². The number of carbonyl (C=O) groups excluding carboxylic acids is 2. The van der Waals surface area contributed by atoms with Crippen LogP contribution < -0.4 is 16.3 Å². The second-order valence-corrected chi connectivity index (χ2v) is 8.74. The van der Waals surface area contributed by atoms with E-state index in [0.717, 1.165) is 4.57 Å². The maximum atomic E-state index is 13.6. The van der Waals surface area contributed by atoms with E-state index in [2.05, 4.69) is 10.1 Å². The molecule has 0 N–H and O–H groups in total. The Balaban J connectivity index is 1.63. The molecule has 10 heteroatoms. The summed E-state index contributed by atoms with van der Waals surface area (Å²) >= 11 is 0. The van der Waals surface area contributed by atoms with Crippen LogP contribution in [-0.4, -0.2) is 42.5 Å². The second kappa shape index (κ2) is 8.88. The average Bonchev–Trinajstić information content (AvgIpc) is 3.31. The van der Waals surface area contributed by atoms with Crippen molar-refractivity contribution in [3.05, 3.63) is 92.6 Å². The van der Waals surface area contributed by atoms with Gasteiger partial charge in [0.1, 0.15) is 6.54 Å². The van der Waals surface area contributed by atoms with Crippen LogP contribution >= 0.6 is 0 Å². The number of benzene rings is 2. The Kier molecular flexibility index (Phi) is 5.71. The van der Waals surface area contributed by atoms with Crippen molar-refractivity contribution in [2.45, 2.75) is 26.4 Å². The van der Waals surface area contributed by atoms with Crippen molar-refractivity contribution in [2.75, 3.05) is 11.6 Å². The van der Waals surface area contributed by atoms with E-state index in [4.69, 9.17) is 0 Å². The zero-order chi connectivity index (χ0) is 25.6. The summed E-state index contributed by atoms with van der Waals surface area (Å²) in [6, 6.07) is 17.0. The number of imidazole rings is 1. The van der Waals surface area contributed by atoms with E-state index in [1.165, 1.54) is 16.6 Å². The fourth-order valence-electron chi connectivity index (χ4n) is 4.34. The predicted octanol–water partition coefficient (Wildman–Crippen LogP) is 2.42. The van der Waals surface area contributed by atoms with Gasteiger partial charge in [0.2, 0.25) is 5.95 Å². The number of hydrogen-bond acceptors (Lipinski definition) is 7. The molecule has 3 heterocycles. The number of aromatic nitrogens is 4. The van der Waals surface area contributed by atoms with E-state index in [0.29, 0.717) is 16.8 Å². The van der Waals surface area contributed by atoms with Crippen LogP contribution in [0.1, 0.15) is 40.6 Å². The van der Waals surface area contributed by atoms with Gasteiger partial charge in [-0.2, -0.15) is 10.1 Å². The van der Waals surface area contributed by atoms with Crippen molar-refractivity contribution in [3.8, 4) is 0 Å². The molecule has 1 aliphatic heterocycles. The highest BCUT2D eigenvalue weighted by Crippen LogP contribution is 2.29. The van der Waals surface area contributed by atoms with E-state index in [1.54, 1.807) is 66.1 Å². The van der Waals surface area contributed by atoms with Crippen LogP contribution in [0, 0.1) is 0 Å². The Morgan fingerprint density at radius 1 is 0.889 bits per heavy atom. The molecule has 2 aromatic carbocycles. The van der Waals surface area contributed by atoms with Crippen LogP contribution in [0.25, 0.3) is 11.2 Å². The summed E-state index contributed by atoms with van der Waals surface area (Å²) in [7, 11) is 1.50. The molecule has 0 radical (unpaired) electrons. The molecular weight excluding hydrogens is 460 g/mol. The molecule has 0 saturated heterocycles. The van der Waals surface area contributed by atoms with Crippen molar-refractivity contribution in [2.24, 2.45) is 12.1 Å². The van der Waals surface area contributed by atoms with E-state index in [1.807, 2.05) is 13.0 Å². The molecule has 0 aliphatic carbocycles. The zero-order valence-electron chi connectivity index (χ0n) is 20.1. The Morgan fingerprint density at radius 3 is 2.03 bits per heavy atom. The normalized spacial score (nSPS) is 15.0. The standard InChI is InChI=1S/C26H24N6O4/c1-16-17(2)32-22-23(27-25(32)31(28-16)15-21(34)19-12-8-5-9-13-19)29(3)26(36)30(24(22)35)14-20(33)18-10-6-4-7-11-18/h4-13,17H,14-15H2,1-3H3. The first kappa shape index (κ1) is 23.2. The van der Waals surface area contributed by atoms with Crippen LogP contribution in [0.5, 0.6) is 0 Å². The molecule has 0 saturated carbocycles. The maximum Gasteiger partial charge on any atom is 0.332 e. The van der Waals surface area contributed by atoms with E-state index in [9.17, 15) is 19.2 Å². The third-order valence-corrected chi connectivity index (χ3v) is 6.45. The number of Topliss-reactive ketones (excluding diaryl/α,β-unsaturated/α-hetero) is 2. The lowest BCUT2D eigenvalue weighted by Crippen LogP contribution is -2.42. The molecular formula is C26H24N6O4. The zero-order valence-corrected chi connectivity index (χ0v) is 20.1. The molecule has 10 nitrogen and oxygen atoms in total. The first-order valence-electron chi connectivity index (χ1n) is 11.5. The van der Waals surface area contributed by atoms with Gasteiger partial charge in [-0.25, -0.2) is 9.80 Å². The number of nitrogens with zero attached hydrogens (tertiary/aromatic N) is 6. The predicted molar refractivity (Wildman–Crippen MR) is 136 cm³/mol. The fourth-order valence-corrected chi connectivity index (χ4v) is 4.34. The van der Waals surface area contributed by atoms with Gasteiger partial charge in [-0.1, -0.05) is 60.7 Å². The van der Waals surface area contributed by atoms with Gasteiger partial charge in [0.25, 0.3) is 5.56 Å². The molecule has 5 rings (SSSR count). The van der Waals surface area contributed by atoms with Crippen molar-refractivity contribution < 1.29 is 9.59 Å². The third kappa shape index (κ3) is 3.76. The summed E-state index contributed by atoms with van der Waals surface area (Å²) in [4.78, 5) is 57.0. The molecule has 2 aromatic heterocycles. The van der Waals surface area contributed by atoms with Gasteiger partial charge in [0.05, 0.1) is 18.3 Å². The molecule has 1 aliphatic rings. The molecule has 182 valence electrons. The second-order valence-electron chi connectivity index (χ2n) is 8.74. The molecule has 1 unspecified atom stereocenters. The number of fused-ring (bicyclic) bond motifs is 3. The maximum absolute atomic E-state index is 13.6. The van der Waals surface area contributed by atoms with Gasteiger partial charge in [0, 0.05) is 18.2 Å². The minimum Gasteiger partial charge on any atom is -0.294 e. The van der Waals surface area contributed by atoms with Gasteiger partial charge in [0.15, 0.2) is 22.7 Å². The Hall–Kier alpha value is -4.60. The molecule has 0 fully saturated rings. The van der Waals surface area contributed by atoms with Gasteiger partial charge >= 0.3 is 5.69 Å². The van der Waals surface area contributed by atoms with E-state index in [-0.39, 0.29) is 41.3 Å². The van der Waals surface area contributed by atoms with Crippen molar-refractivity contribution in [1.82, 2.24) is 18.7 Å². The minimum atomic E-state index is -0.649. The average molecular weight is 485 g/mol. The van der Waals surface area contributed by atoms with Gasteiger partial charge in [-0.15, -0.1) is 0 Å². The number of anilines is 1. The first-order valence-corrected chi connectivity index (χ1v) is 11.5. The Bertz CT molecular complexity index is 1650. The highest BCUT2D eigenvalue weighted by molar-refractivity contribution is 6.00. The first-order chi connectivity index (χ1) is 17.3. The summed E-state index contributed by atoms with van der Waals surface area (Å²) < 4.78 is 3.86. The monoisotopic (exact) mass is 484 g/mol. The Labute approximate surface area is 205 Å².